The molecule has 16 heavy (non-hydrogen) atoms. The van der Waals surface area contributed by atoms with Gasteiger partial charge in [0.15, 0.2) is 0 Å². The highest BCUT2D eigenvalue weighted by molar-refractivity contribution is 5.55. The summed E-state index contributed by atoms with van der Waals surface area (Å²) in [6.07, 6.45) is 2.67. The van der Waals surface area contributed by atoms with E-state index in [0.29, 0.717) is 6.54 Å². The first-order valence-corrected chi connectivity index (χ1v) is 6.25. The van der Waals surface area contributed by atoms with Crippen molar-refractivity contribution in [2.24, 2.45) is 11.7 Å². The maximum absolute atomic E-state index is 5.83. The minimum Gasteiger partial charge on any atom is -0.371 e. The van der Waals surface area contributed by atoms with Crippen molar-refractivity contribution in [2.75, 3.05) is 18.0 Å². The van der Waals surface area contributed by atoms with Gasteiger partial charge in [0.05, 0.1) is 0 Å². The topological polar surface area (TPSA) is 29.3 Å². The Hall–Kier alpha value is -1.02. The van der Waals surface area contributed by atoms with E-state index in [9.17, 15) is 0 Å². The Bertz CT molecular complexity index is 360. The normalized spacial score (nSPS) is 21.2. The first-order chi connectivity index (χ1) is 7.70. The lowest BCUT2D eigenvalue weighted by atomic mass is 9.98. The molecule has 88 valence electrons. The van der Waals surface area contributed by atoms with Crippen molar-refractivity contribution < 1.29 is 0 Å². The Morgan fingerprint density at radius 1 is 1.44 bits per heavy atom. The van der Waals surface area contributed by atoms with Crippen LogP contribution in [0.1, 0.15) is 30.9 Å². The third kappa shape index (κ3) is 2.38. The molecule has 1 aliphatic rings. The van der Waals surface area contributed by atoms with Crippen molar-refractivity contribution in [3.8, 4) is 0 Å². The van der Waals surface area contributed by atoms with E-state index in [2.05, 4.69) is 36.9 Å². The third-order valence-electron chi connectivity index (χ3n) is 3.45. The lowest BCUT2D eigenvalue weighted by molar-refractivity contribution is 0.446. The molecule has 0 aromatic heterocycles. The second-order valence-electron chi connectivity index (χ2n) is 5.03. The molecule has 0 spiro atoms. The largest absolute Gasteiger partial charge is 0.371 e. The minimum absolute atomic E-state index is 0.641. The van der Waals surface area contributed by atoms with E-state index >= 15 is 0 Å². The average molecular weight is 218 g/mol. The number of nitrogens with two attached hydrogens (primary N) is 1. The number of hydrogen-bond acceptors (Lipinski definition) is 2. The fourth-order valence-electron chi connectivity index (χ4n) is 2.59. The molecule has 0 radical (unpaired) electrons. The van der Waals surface area contributed by atoms with Crippen LogP contribution in [-0.2, 0) is 6.54 Å². The number of benzene rings is 1. The molecule has 1 aromatic carbocycles. The molecular formula is C14H22N2. The Kier molecular flexibility index (Phi) is 3.49. The molecule has 2 N–H and O–H groups in total. The van der Waals surface area contributed by atoms with Gasteiger partial charge in [-0.2, -0.15) is 0 Å². The molecule has 1 heterocycles. The van der Waals surface area contributed by atoms with E-state index in [4.69, 9.17) is 5.73 Å². The smallest absolute Gasteiger partial charge is 0.0412 e. The van der Waals surface area contributed by atoms with Crippen molar-refractivity contribution in [1.82, 2.24) is 0 Å². The zero-order valence-electron chi connectivity index (χ0n) is 10.4. The van der Waals surface area contributed by atoms with Gasteiger partial charge >= 0.3 is 0 Å². The molecule has 1 fully saturated rings. The Morgan fingerprint density at radius 3 is 2.94 bits per heavy atom. The predicted octanol–water partition coefficient (Wildman–Crippen LogP) is 2.69. The molecule has 0 aliphatic carbocycles. The summed E-state index contributed by atoms with van der Waals surface area (Å²) in [6, 6.07) is 6.64. The number of piperidine rings is 1. The lowest BCUT2D eigenvalue weighted by Gasteiger charge is -2.34. The Morgan fingerprint density at radius 2 is 2.25 bits per heavy atom. The van der Waals surface area contributed by atoms with E-state index < -0.39 is 0 Å². The highest BCUT2D eigenvalue weighted by Crippen LogP contribution is 2.26. The summed E-state index contributed by atoms with van der Waals surface area (Å²) in [4.78, 5) is 2.50. The standard InChI is InChI=1S/C14H22N2/c1-11-5-6-14(13(8-11)9-15)16-7-3-4-12(2)10-16/h5-6,8,12H,3-4,7,9-10,15H2,1-2H3. The fourth-order valence-corrected chi connectivity index (χ4v) is 2.59. The van der Waals surface area contributed by atoms with Crippen molar-refractivity contribution >= 4 is 5.69 Å². The van der Waals surface area contributed by atoms with Crippen molar-refractivity contribution in [3.05, 3.63) is 29.3 Å². The summed E-state index contributed by atoms with van der Waals surface area (Å²) >= 11 is 0. The third-order valence-corrected chi connectivity index (χ3v) is 3.45. The summed E-state index contributed by atoms with van der Waals surface area (Å²) < 4.78 is 0. The first-order valence-electron chi connectivity index (χ1n) is 6.25. The van der Waals surface area contributed by atoms with E-state index in [1.54, 1.807) is 0 Å². The van der Waals surface area contributed by atoms with Crippen molar-refractivity contribution in [1.29, 1.82) is 0 Å². The number of aryl methyl sites for hydroxylation is 1. The summed E-state index contributed by atoms with van der Waals surface area (Å²) in [5.41, 5.74) is 9.77. The fraction of sp³-hybridized carbons (Fsp3) is 0.571. The van der Waals surface area contributed by atoms with Gasteiger partial charge in [-0.05, 0) is 37.3 Å². The van der Waals surface area contributed by atoms with Crippen LogP contribution in [0.5, 0.6) is 0 Å². The Labute approximate surface area is 98.4 Å². The molecular weight excluding hydrogens is 196 g/mol. The average Bonchev–Trinajstić information content (AvgIpc) is 2.28. The predicted molar refractivity (Wildman–Crippen MR) is 69.7 cm³/mol. The monoisotopic (exact) mass is 218 g/mol. The number of anilines is 1. The van der Waals surface area contributed by atoms with Crippen LogP contribution in [0.25, 0.3) is 0 Å². The first kappa shape index (κ1) is 11.5. The van der Waals surface area contributed by atoms with Crippen LogP contribution in [0.3, 0.4) is 0 Å². The van der Waals surface area contributed by atoms with Gasteiger partial charge in [-0.15, -0.1) is 0 Å². The minimum atomic E-state index is 0.641. The number of nitrogens with zero attached hydrogens (tertiary/aromatic N) is 1. The number of rotatable bonds is 2. The van der Waals surface area contributed by atoms with Gasteiger partial charge in [0.2, 0.25) is 0 Å². The molecule has 0 saturated carbocycles. The molecule has 1 aromatic rings. The molecule has 0 bridgehead atoms. The summed E-state index contributed by atoms with van der Waals surface area (Å²) in [5.74, 6) is 0.806. The molecule has 1 aliphatic heterocycles. The van der Waals surface area contributed by atoms with Gasteiger partial charge in [0.25, 0.3) is 0 Å². The summed E-state index contributed by atoms with van der Waals surface area (Å²) in [7, 11) is 0. The molecule has 1 unspecified atom stereocenters. The van der Waals surface area contributed by atoms with E-state index in [0.717, 1.165) is 5.92 Å². The van der Waals surface area contributed by atoms with E-state index in [1.165, 1.54) is 42.7 Å². The Balaban J connectivity index is 2.24. The lowest BCUT2D eigenvalue weighted by Crippen LogP contribution is -2.35. The zero-order chi connectivity index (χ0) is 11.5. The molecule has 1 saturated heterocycles. The van der Waals surface area contributed by atoms with E-state index in [1.807, 2.05) is 0 Å². The van der Waals surface area contributed by atoms with Gasteiger partial charge in [0, 0.05) is 25.3 Å². The second kappa shape index (κ2) is 4.88. The van der Waals surface area contributed by atoms with Crippen molar-refractivity contribution in [3.63, 3.8) is 0 Å². The highest BCUT2D eigenvalue weighted by Gasteiger charge is 2.18. The summed E-state index contributed by atoms with van der Waals surface area (Å²) in [5, 5.41) is 0. The SMILES string of the molecule is Cc1ccc(N2CCCC(C)C2)c(CN)c1. The van der Waals surface area contributed by atoms with Crippen LogP contribution < -0.4 is 10.6 Å². The molecule has 1 atom stereocenters. The highest BCUT2D eigenvalue weighted by atomic mass is 15.1. The van der Waals surface area contributed by atoms with Crippen LogP contribution >= 0.6 is 0 Å². The van der Waals surface area contributed by atoms with Gasteiger partial charge in [0.1, 0.15) is 0 Å². The van der Waals surface area contributed by atoms with Crippen LogP contribution in [0.15, 0.2) is 18.2 Å². The molecule has 2 rings (SSSR count). The quantitative estimate of drug-likeness (QED) is 0.827. The van der Waals surface area contributed by atoms with Crippen LogP contribution in [-0.4, -0.2) is 13.1 Å². The maximum Gasteiger partial charge on any atom is 0.0412 e. The van der Waals surface area contributed by atoms with Gasteiger partial charge in [-0.25, -0.2) is 0 Å². The summed E-state index contributed by atoms with van der Waals surface area (Å²) in [6.45, 7) is 7.46. The molecule has 2 nitrogen and oxygen atoms in total. The van der Waals surface area contributed by atoms with Crippen molar-refractivity contribution in [2.45, 2.75) is 33.2 Å². The maximum atomic E-state index is 5.83. The van der Waals surface area contributed by atoms with Crippen LogP contribution in [0.4, 0.5) is 5.69 Å². The van der Waals surface area contributed by atoms with Crippen LogP contribution in [0, 0.1) is 12.8 Å². The molecule has 2 heteroatoms. The van der Waals surface area contributed by atoms with E-state index in [-0.39, 0.29) is 0 Å². The number of hydrogen-bond donors (Lipinski definition) is 1. The zero-order valence-corrected chi connectivity index (χ0v) is 10.4. The second-order valence-corrected chi connectivity index (χ2v) is 5.03. The van der Waals surface area contributed by atoms with Gasteiger partial charge < -0.3 is 10.6 Å². The van der Waals surface area contributed by atoms with Crippen LogP contribution in [0.2, 0.25) is 0 Å². The molecule has 0 amide bonds. The van der Waals surface area contributed by atoms with Gasteiger partial charge in [-0.3, -0.25) is 0 Å². The van der Waals surface area contributed by atoms with Gasteiger partial charge in [-0.1, -0.05) is 24.6 Å².